The molecule has 1 spiro atoms. The van der Waals surface area contributed by atoms with Crippen molar-refractivity contribution in [2.24, 2.45) is 0 Å². The Kier molecular flexibility index (Phi) is 6.11. The molecule has 1 unspecified atom stereocenters. The van der Waals surface area contributed by atoms with E-state index in [2.05, 4.69) is 11.9 Å². The Morgan fingerprint density at radius 2 is 1.89 bits per heavy atom. The topological polar surface area (TPSA) is 32.7 Å². The zero-order valence-electron chi connectivity index (χ0n) is 12.6. The SMILES string of the molecule is CN(CCCCCO)CC1CCC2(CCCCC2)O1. The van der Waals surface area contributed by atoms with Gasteiger partial charge >= 0.3 is 0 Å². The average Bonchev–Trinajstić information content (AvgIpc) is 2.78. The van der Waals surface area contributed by atoms with E-state index in [4.69, 9.17) is 9.84 Å². The van der Waals surface area contributed by atoms with Gasteiger partial charge in [-0.1, -0.05) is 19.3 Å². The van der Waals surface area contributed by atoms with Gasteiger partial charge in [0, 0.05) is 13.2 Å². The molecule has 2 aliphatic rings. The van der Waals surface area contributed by atoms with Crippen LogP contribution in [0, 0.1) is 0 Å². The summed E-state index contributed by atoms with van der Waals surface area (Å²) >= 11 is 0. The Labute approximate surface area is 118 Å². The Balaban J connectivity index is 1.63. The molecule has 1 N–H and O–H groups in total. The number of rotatable bonds is 7. The van der Waals surface area contributed by atoms with Crippen LogP contribution in [0.3, 0.4) is 0 Å². The second-order valence-electron chi connectivity index (χ2n) is 6.57. The number of nitrogens with zero attached hydrogens (tertiary/aromatic N) is 1. The van der Waals surface area contributed by atoms with E-state index in [0.717, 1.165) is 25.9 Å². The first kappa shape index (κ1) is 15.3. The fraction of sp³-hybridized carbons (Fsp3) is 1.00. The van der Waals surface area contributed by atoms with E-state index in [1.165, 1.54) is 51.4 Å². The van der Waals surface area contributed by atoms with Crippen molar-refractivity contribution in [3.05, 3.63) is 0 Å². The molecule has 1 aliphatic carbocycles. The van der Waals surface area contributed by atoms with E-state index in [-0.39, 0.29) is 5.60 Å². The molecule has 3 heteroatoms. The van der Waals surface area contributed by atoms with Crippen LogP contribution < -0.4 is 0 Å². The van der Waals surface area contributed by atoms with Gasteiger partial charge in [0.2, 0.25) is 0 Å². The molecule has 19 heavy (non-hydrogen) atoms. The summed E-state index contributed by atoms with van der Waals surface area (Å²) < 4.78 is 6.41. The second-order valence-corrected chi connectivity index (χ2v) is 6.57. The molecular weight excluding hydrogens is 238 g/mol. The van der Waals surface area contributed by atoms with E-state index >= 15 is 0 Å². The molecular formula is C16H31NO2. The predicted molar refractivity (Wildman–Crippen MR) is 78.4 cm³/mol. The summed E-state index contributed by atoms with van der Waals surface area (Å²) in [6.07, 6.45) is 13.0. The van der Waals surface area contributed by atoms with Crippen LogP contribution in [-0.4, -0.2) is 48.5 Å². The number of ether oxygens (including phenoxy) is 1. The Bertz CT molecular complexity index is 251. The molecule has 2 fully saturated rings. The van der Waals surface area contributed by atoms with Crippen molar-refractivity contribution in [1.29, 1.82) is 0 Å². The first-order valence-electron chi connectivity index (χ1n) is 8.21. The quantitative estimate of drug-likeness (QED) is 0.721. The minimum atomic E-state index is 0.265. The maximum Gasteiger partial charge on any atom is 0.0710 e. The highest BCUT2D eigenvalue weighted by Gasteiger charge is 2.40. The highest BCUT2D eigenvalue weighted by Crippen LogP contribution is 2.41. The largest absolute Gasteiger partial charge is 0.396 e. The van der Waals surface area contributed by atoms with Crippen LogP contribution in [0.4, 0.5) is 0 Å². The van der Waals surface area contributed by atoms with Crippen LogP contribution in [0.5, 0.6) is 0 Å². The summed E-state index contributed by atoms with van der Waals surface area (Å²) in [7, 11) is 2.20. The van der Waals surface area contributed by atoms with Gasteiger partial charge in [0.05, 0.1) is 11.7 Å². The Hall–Kier alpha value is -0.120. The van der Waals surface area contributed by atoms with Crippen molar-refractivity contribution < 1.29 is 9.84 Å². The molecule has 3 nitrogen and oxygen atoms in total. The Morgan fingerprint density at radius 1 is 1.11 bits per heavy atom. The average molecular weight is 269 g/mol. The van der Waals surface area contributed by atoms with Crippen molar-refractivity contribution in [3.63, 3.8) is 0 Å². The molecule has 0 bridgehead atoms. The summed E-state index contributed by atoms with van der Waals surface area (Å²) in [5, 5.41) is 8.77. The first-order valence-corrected chi connectivity index (χ1v) is 8.21. The molecule has 0 aromatic rings. The van der Waals surface area contributed by atoms with Gasteiger partial charge in [-0.3, -0.25) is 0 Å². The van der Waals surface area contributed by atoms with Crippen molar-refractivity contribution >= 4 is 0 Å². The van der Waals surface area contributed by atoms with Gasteiger partial charge in [0.1, 0.15) is 0 Å². The standard InChI is InChI=1S/C16H31NO2/c1-17(12-6-3-7-13-18)14-15-8-11-16(19-15)9-4-2-5-10-16/h15,18H,2-14H2,1H3. The van der Waals surface area contributed by atoms with Crippen LogP contribution in [-0.2, 0) is 4.74 Å². The summed E-state index contributed by atoms with van der Waals surface area (Å²) in [5.74, 6) is 0. The molecule has 0 aromatic carbocycles. The third-order valence-electron chi connectivity index (χ3n) is 4.82. The van der Waals surface area contributed by atoms with Crippen molar-refractivity contribution in [2.45, 2.75) is 75.9 Å². The van der Waals surface area contributed by atoms with Crippen LogP contribution in [0.15, 0.2) is 0 Å². The number of hydrogen-bond acceptors (Lipinski definition) is 3. The van der Waals surface area contributed by atoms with Crippen molar-refractivity contribution in [1.82, 2.24) is 4.90 Å². The van der Waals surface area contributed by atoms with Crippen LogP contribution >= 0.6 is 0 Å². The third-order valence-corrected chi connectivity index (χ3v) is 4.82. The highest BCUT2D eigenvalue weighted by atomic mass is 16.5. The molecule has 0 radical (unpaired) electrons. The van der Waals surface area contributed by atoms with Gasteiger partial charge in [-0.25, -0.2) is 0 Å². The highest BCUT2D eigenvalue weighted by molar-refractivity contribution is 4.91. The molecule has 2 rings (SSSR count). The lowest BCUT2D eigenvalue weighted by Gasteiger charge is -2.34. The number of aliphatic hydroxyl groups is 1. The van der Waals surface area contributed by atoms with Gasteiger partial charge < -0.3 is 14.7 Å². The molecule has 1 atom stereocenters. The monoisotopic (exact) mass is 269 g/mol. The van der Waals surface area contributed by atoms with Gasteiger partial charge in [-0.05, 0) is 58.5 Å². The summed E-state index contributed by atoms with van der Waals surface area (Å²) in [6.45, 7) is 2.55. The predicted octanol–water partition coefficient (Wildman–Crippen LogP) is 2.96. The van der Waals surface area contributed by atoms with Crippen LogP contribution in [0.25, 0.3) is 0 Å². The van der Waals surface area contributed by atoms with Gasteiger partial charge in [0.15, 0.2) is 0 Å². The fourth-order valence-corrected chi connectivity index (χ4v) is 3.70. The van der Waals surface area contributed by atoms with Crippen molar-refractivity contribution in [3.8, 4) is 0 Å². The summed E-state index contributed by atoms with van der Waals surface area (Å²) in [6, 6.07) is 0. The molecule has 1 saturated heterocycles. The molecule has 1 saturated carbocycles. The fourth-order valence-electron chi connectivity index (χ4n) is 3.70. The number of aliphatic hydroxyl groups excluding tert-OH is 1. The minimum absolute atomic E-state index is 0.265. The first-order chi connectivity index (χ1) is 9.24. The molecule has 1 heterocycles. The lowest BCUT2D eigenvalue weighted by Crippen LogP contribution is -2.35. The minimum Gasteiger partial charge on any atom is -0.396 e. The third kappa shape index (κ3) is 4.73. The van der Waals surface area contributed by atoms with Gasteiger partial charge in [-0.2, -0.15) is 0 Å². The van der Waals surface area contributed by atoms with E-state index in [9.17, 15) is 0 Å². The number of hydrogen-bond donors (Lipinski definition) is 1. The Morgan fingerprint density at radius 3 is 2.63 bits per heavy atom. The number of likely N-dealkylation sites (N-methyl/N-ethyl adjacent to an activating group) is 1. The lowest BCUT2D eigenvalue weighted by atomic mass is 9.83. The zero-order chi connectivity index (χ0) is 13.6. The molecule has 1 aliphatic heterocycles. The smallest absolute Gasteiger partial charge is 0.0710 e. The summed E-state index contributed by atoms with van der Waals surface area (Å²) in [5.41, 5.74) is 0.265. The van der Waals surface area contributed by atoms with E-state index in [0.29, 0.717) is 12.7 Å². The van der Waals surface area contributed by atoms with E-state index < -0.39 is 0 Å². The van der Waals surface area contributed by atoms with Gasteiger partial charge in [0.25, 0.3) is 0 Å². The molecule has 112 valence electrons. The van der Waals surface area contributed by atoms with Crippen molar-refractivity contribution in [2.75, 3.05) is 26.7 Å². The maximum absolute atomic E-state index is 8.77. The van der Waals surface area contributed by atoms with Crippen LogP contribution in [0.1, 0.15) is 64.2 Å². The number of unbranched alkanes of at least 4 members (excludes halogenated alkanes) is 2. The normalized spacial score (nSPS) is 26.4. The lowest BCUT2D eigenvalue weighted by molar-refractivity contribution is -0.0702. The molecule has 0 amide bonds. The van der Waals surface area contributed by atoms with E-state index in [1.54, 1.807) is 0 Å². The zero-order valence-corrected chi connectivity index (χ0v) is 12.6. The second kappa shape index (κ2) is 7.61. The van der Waals surface area contributed by atoms with E-state index in [1.807, 2.05) is 0 Å². The van der Waals surface area contributed by atoms with Crippen LogP contribution in [0.2, 0.25) is 0 Å². The molecule has 0 aromatic heterocycles. The maximum atomic E-state index is 8.77. The summed E-state index contributed by atoms with van der Waals surface area (Å²) in [4.78, 5) is 2.41. The van der Waals surface area contributed by atoms with Gasteiger partial charge in [-0.15, -0.1) is 0 Å².